The molecule has 0 saturated carbocycles. The van der Waals surface area contributed by atoms with E-state index < -0.39 is 0 Å². The Kier molecular flexibility index (Phi) is 5.42. The summed E-state index contributed by atoms with van der Waals surface area (Å²) >= 11 is 0. The van der Waals surface area contributed by atoms with E-state index in [1.807, 2.05) is 42.5 Å². The number of carbonyl (C=O) groups is 2. The number of carbonyl (C=O) groups excluding carboxylic acids is 2. The van der Waals surface area contributed by atoms with Crippen LogP contribution in [-0.4, -0.2) is 40.4 Å². The van der Waals surface area contributed by atoms with Crippen molar-refractivity contribution >= 4 is 22.6 Å². The van der Waals surface area contributed by atoms with Crippen molar-refractivity contribution in [3.63, 3.8) is 0 Å². The maximum absolute atomic E-state index is 12.7. The van der Waals surface area contributed by atoms with Crippen LogP contribution in [0.3, 0.4) is 0 Å². The minimum atomic E-state index is -0.151. The highest BCUT2D eigenvalue weighted by Gasteiger charge is 2.24. The largest absolute Gasteiger partial charge is 0.349 e. The van der Waals surface area contributed by atoms with Crippen LogP contribution in [0.1, 0.15) is 23.2 Å². The van der Waals surface area contributed by atoms with Crippen LogP contribution in [0.4, 0.5) is 0 Å². The Hall–Kier alpha value is -3.41. The van der Waals surface area contributed by atoms with E-state index in [0.717, 1.165) is 5.39 Å². The van der Waals surface area contributed by atoms with Gasteiger partial charge in [0, 0.05) is 36.3 Å². The molecule has 29 heavy (non-hydrogen) atoms. The van der Waals surface area contributed by atoms with Gasteiger partial charge in [-0.05, 0) is 42.5 Å². The van der Waals surface area contributed by atoms with Gasteiger partial charge in [0.1, 0.15) is 6.54 Å². The first-order chi connectivity index (χ1) is 14.1. The van der Waals surface area contributed by atoms with Crippen LogP contribution in [0.2, 0.25) is 0 Å². The number of aromatic nitrogens is 1. The van der Waals surface area contributed by atoms with Crippen LogP contribution >= 0.6 is 0 Å². The van der Waals surface area contributed by atoms with Crippen molar-refractivity contribution in [1.29, 1.82) is 0 Å². The topological polar surface area (TPSA) is 71.4 Å². The number of likely N-dealkylation sites (tertiary alicyclic amines) is 1. The molecule has 1 N–H and O–H groups in total. The molecule has 0 unspecified atom stereocenters. The summed E-state index contributed by atoms with van der Waals surface area (Å²) in [6, 6.07) is 18.4. The first-order valence-corrected chi connectivity index (χ1v) is 9.84. The van der Waals surface area contributed by atoms with Gasteiger partial charge in [0.15, 0.2) is 0 Å². The second-order valence-electron chi connectivity index (χ2n) is 7.33. The summed E-state index contributed by atoms with van der Waals surface area (Å²) in [4.78, 5) is 39.3. The Morgan fingerprint density at radius 1 is 0.931 bits per heavy atom. The average Bonchev–Trinajstić information content (AvgIpc) is 2.77. The predicted octanol–water partition coefficient (Wildman–Crippen LogP) is 2.42. The average molecular weight is 389 g/mol. The second-order valence-corrected chi connectivity index (χ2v) is 7.33. The van der Waals surface area contributed by atoms with Gasteiger partial charge in [-0.15, -0.1) is 0 Å². The van der Waals surface area contributed by atoms with E-state index in [2.05, 4.69) is 5.32 Å². The highest BCUT2D eigenvalue weighted by molar-refractivity contribution is 5.94. The molecule has 6 heteroatoms. The lowest BCUT2D eigenvalue weighted by atomic mass is 10.0. The molecule has 1 aliphatic heterocycles. The Morgan fingerprint density at radius 3 is 2.38 bits per heavy atom. The lowest BCUT2D eigenvalue weighted by Gasteiger charge is -2.32. The van der Waals surface area contributed by atoms with E-state index >= 15 is 0 Å². The first kappa shape index (κ1) is 18.9. The molecule has 1 aliphatic rings. The summed E-state index contributed by atoms with van der Waals surface area (Å²) in [6.45, 7) is 1.17. The zero-order valence-electron chi connectivity index (χ0n) is 16.1. The fraction of sp³-hybridized carbons (Fsp3) is 0.261. The van der Waals surface area contributed by atoms with Gasteiger partial charge in [-0.3, -0.25) is 14.4 Å². The number of rotatable bonds is 4. The van der Waals surface area contributed by atoms with Crippen molar-refractivity contribution in [3.05, 3.63) is 82.8 Å². The monoisotopic (exact) mass is 389 g/mol. The standard InChI is InChI=1S/C23H23N3O3/c27-21(16-26-13-10-17-6-4-5-9-20(17)23(26)29)25-14-11-19(12-15-25)24-22(28)18-7-2-1-3-8-18/h1-10,13,19H,11-12,14-16H2,(H,24,28). The van der Waals surface area contributed by atoms with E-state index in [9.17, 15) is 14.4 Å². The maximum Gasteiger partial charge on any atom is 0.258 e. The number of hydrogen-bond acceptors (Lipinski definition) is 3. The molecule has 6 nitrogen and oxygen atoms in total. The predicted molar refractivity (Wildman–Crippen MR) is 112 cm³/mol. The fourth-order valence-electron chi connectivity index (χ4n) is 3.73. The van der Waals surface area contributed by atoms with E-state index in [0.29, 0.717) is 36.9 Å². The summed E-state index contributed by atoms with van der Waals surface area (Å²) < 4.78 is 1.47. The van der Waals surface area contributed by atoms with Crippen LogP contribution in [0.25, 0.3) is 10.8 Å². The third kappa shape index (κ3) is 4.21. The van der Waals surface area contributed by atoms with Gasteiger partial charge in [-0.25, -0.2) is 0 Å². The van der Waals surface area contributed by atoms with Crippen molar-refractivity contribution in [3.8, 4) is 0 Å². The summed E-state index contributed by atoms with van der Waals surface area (Å²) in [5.41, 5.74) is 0.489. The van der Waals surface area contributed by atoms with Gasteiger partial charge in [0.25, 0.3) is 11.5 Å². The Labute approximate surface area is 168 Å². The minimum Gasteiger partial charge on any atom is -0.349 e. The van der Waals surface area contributed by atoms with Gasteiger partial charge in [0.2, 0.25) is 5.91 Å². The normalized spacial score (nSPS) is 14.7. The number of fused-ring (bicyclic) bond motifs is 1. The number of amides is 2. The number of hydrogen-bond donors (Lipinski definition) is 1. The van der Waals surface area contributed by atoms with Gasteiger partial charge >= 0.3 is 0 Å². The van der Waals surface area contributed by atoms with E-state index in [-0.39, 0.29) is 30.0 Å². The molecule has 2 amide bonds. The highest BCUT2D eigenvalue weighted by atomic mass is 16.2. The minimum absolute atomic E-state index is 0.0324. The lowest BCUT2D eigenvalue weighted by molar-refractivity contribution is -0.132. The molecule has 0 bridgehead atoms. The van der Waals surface area contributed by atoms with E-state index in [1.165, 1.54) is 4.57 Å². The molecule has 2 heterocycles. The third-order valence-corrected chi connectivity index (χ3v) is 5.41. The molecule has 0 spiro atoms. The first-order valence-electron chi connectivity index (χ1n) is 9.84. The summed E-state index contributed by atoms with van der Waals surface area (Å²) in [5.74, 6) is -0.159. The van der Waals surface area contributed by atoms with Crippen LogP contribution in [0.5, 0.6) is 0 Å². The third-order valence-electron chi connectivity index (χ3n) is 5.41. The SMILES string of the molecule is O=C(NC1CCN(C(=O)Cn2ccc3ccccc3c2=O)CC1)c1ccccc1. The number of nitrogens with one attached hydrogen (secondary N) is 1. The molecule has 1 saturated heterocycles. The van der Waals surface area contributed by atoms with E-state index in [4.69, 9.17) is 0 Å². The van der Waals surface area contributed by atoms with E-state index in [1.54, 1.807) is 29.3 Å². The quantitative estimate of drug-likeness (QED) is 0.745. The van der Waals surface area contributed by atoms with Gasteiger partial charge in [0.05, 0.1) is 0 Å². The molecular formula is C23H23N3O3. The number of nitrogens with zero attached hydrogens (tertiary/aromatic N) is 2. The molecule has 0 atom stereocenters. The van der Waals surface area contributed by atoms with Crippen LogP contribution in [0.15, 0.2) is 71.7 Å². The number of benzene rings is 2. The Balaban J connectivity index is 1.34. The Bertz CT molecular complexity index is 1080. The molecule has 3 aromatic rings. The molecule has 1 fully saturated rings. The van der Waals surface area contributed by atoms with Crippen molar-refractivity contribution in [1.82, 2.24) is 14.8 Å². The maximum atomic E-state index is 12.7. The molecule has 4 rings (SSSR count). The van der Waals surface area contributed by atoms with Crippen molar-refractivity contribution in [2.45, 2.75) is 25.4 Å². The number of pyridine rings is 1. The van der Waals surface area contributed by atoms with Crippen molar-refractivity contribution in [2.75, 3.05) is 13.1 Å². The zero-order chi connectivity index (χ0) is 20.2. The summed E-state index contributed by atoms with van der Waals surface area (Å²) in [5, 5.41) is 4.53. The van der Waals surface area contributed by atoms with Crippen LogP contribution < -0.4 is 10.9 Å². The highest BCUT2D eigenvalue weighted by Crippen LogP contribution is 2.13. The van der Waals surface area contributed by atoms with Gasteiger partial charge in [-0.2, -0.15) is 0 Å². The molecule has 2 aromatic carbocycles. The van der Waals surface area contributed by atoms with Crippen molar-refractivity contribution in [2.24, 2.45) is 0 Å². The molecule has 1 aromatic heterocycles. The second kappa shape index (κ2) is 8.31. The van der Waals surface area contributed by atoms with Crippen molar-refractivity contribution < 1.29 is 9.59 Å². The van der Waals surface area contributed by atoms with Crippen LogP contribution in [0, 0.1) is 0 Å². The van der Waals surface area contributed by atoms with Gasteiger partial charge in [-0.1, -0.05) is 36.4 Å². The smallest absolute Gasteiger partial charge is 0.258 e. The Morgan fingerprint density at radius 2 is 1.62 bits per heavy atom. The molecule has 0 radical (unpaired) electrons. The number of piperidine rings is 1. The zero-order valence-corrected chi connectivity index (χ0v) is 16.1. The van der Waals surface area contributed by atoms with Gasteiger partial charge < -0.3 is 14.8 Å². The molecule has 0 aliphatic carbocycles. The molecular weight excluding hydrogens is 366 g/mol. The molecule has 148 valence electrons. The fourth-order valence-corrected chi connectivity index (χ4v) is 3.73. The lowest BCUT2D eigenvalue weighted by Crippen LogP contribution is -2.47. The van der Waals surface area contributed by atoms with Crippen LogP contribution in [-0.2, 0) is 11.3 Å². The summed E-state index contributed by atoms with van der Waals surface area (Å²) in [6.07, 6.45) is 3.09. The summed E-state index contributed by atoms with van der Waals surface area (Å²) in [7, 11) is 0.